The minimum Gasteiger partial charge on any atom is -0.396 e. The van der Waals surface area contributed by atoms with E-state index in [1.807, 2.05) is 13.0 Å². The molecule has 0 spiro atoms. The van der Waals surface area contributed by atoms with Gasteiger partial charge in [0.15, 0.2) is 9.84 Å². The molecule has 1 aliphatic rings. The van der Waals surface area contributed by atoms with Crippen molar-refractivity contribution in [2.45, 2.75) is 25.0 Å². The molecule has 0 aromatic carbocycles. The molecule has 0 radical (unpaired) electrons. The number of anilines is 2. The van der Waals surface area contributed by atoms with Crippen molar-refractivity contribution in [3.8, 4) is 0 Å². The standard InChI is InChI=1S/C11H17N3O2S/c1-8-4-5-10(12)11(14-8)13-7-9-3-2-6-17(9,15)16/h4-5,9H,2-3,6-7,12H2,1H3,(H,13,14). The second-order valence-electron chi connectivity index (χ2n) is 4.40. The maximum Gasteiger partial charge on any atom is 0.154 e. The molecule has 2 rings (SSSR count). The Labute approximate surface area is 101 Å². The average Bonchev–Trinajstić information content (AvgIpc) is 2.59. The van der Waals surface area contributed by atoms with E-state index in [1.54, 1.807) is 6.07 Å². The van der Waals surface area contributed by atoms with Gasteiger partial charge in [0.2, 0.25) is 0 Å². The Hall–Kier alpha value is -1.30. The fourth-order valence-corrected chi connectivity index (χ4v) is 3.77. The zero-order chi connectivity index (χ0) is 12.5. The minimum atomic E-state index is -2.91. The summed E-state index contributed by atoms with van der Waals surface area (Å²) in [5, 5.41) is 2.73. The molecule has 1 aliphatic heterocycles. The lowest BCUT2D eigenvalue weighted by Crippen LogP contribution is -2.25. The van der Waals surface area contributed by atoms with Crippen LogP contribution in [0.15, 0.2) is 12.1 Å². The molecule has 5 nitrogen and oxygen atoms in total. The van der Waals surface area contributed by atoms with E-state index >= 15 is 0 Å². The topological polar surface area (TPSA) is 85.1 Å². The van der Waals surface area contributed by atoms with Crippen molar-refractivity contribution in [3.63, 3.8) is 0 Å². The van der Waals surface area contributed by atoms with Crippen molar-refractivity contribution in [1.29, 1.82) is 0 Å². The highest BCUT2D eigenvalue weighted by atomic mass is 32.2. The van der Waals surface area contributed by atoms with Crippen molar-refractivity contribution >= 4 is 21.3 Å². The third kappa shape index (κ3) is 2.69. The maximum absolute atomic E-state index is 11.6. The molecule has 1 aromatic rings. The second-order valence-corrected chi connectivity index (χ2v) is 6.80. The predicted molar refractivity (Wildman–Crippen MR) is 68.7 cm³/mol. The van der Waals surface area contributed by atoms with E-state index < -0.39 is 9.84 Å². The predicted octanol–water partition coefficient (Wildman–Crippen LogP) is 0.961. The Morgan fingerprint density at radius 2 is 2.29 bits per heavy atom. The normalized spacial score (nSPS) is 22.5. The molecule has 0 aliphatic carbocycles. The van der Waals surface area contributed by atoms with E-state index in [2.05, 4.69) is 10.3 Å². The molecule has 3 N–H and O–H groups in total. The van der Waals surface area contributed by atoms with E-state index in [0.717, 1.165) is 18.5 Å². The van der Waals surface area contributed by atoms with Gasteiger partial charge in [-0.2, -0.15) is 0 Å². The summed E-state index contributed by atoms with van der Waals surface area (Å²) in [6, 6.07) is 3.60. The highest BCUT2D eigenvalue weighted by Crippen LogP contribution is 2.22. The van der Waals surface area contributed by atoms with Crippen molar-refractivity contribution in [2.24, 2.45) is 0 Å². The minimum absolute atomic E-state index is 0.302. The van der Waals surface area contributed by atoms with Crippen LogP contribution in [-0.4, -0.2) is 30.9 Å². The molecule has 17 heavy (non-hydrogen) atoms. The number of sulfone groups is 1. The average molecular weight is 255 g/mol. The van der Waals surface area contributed by atoms with Gasteiger partial charge in [-0.1, -0.05) is 0 Å². The van der Waals surface area contributed by atoms with E-state index in [4.69, 9.17) is 5.73 Å². The number of nitrogen functional groups attached to an aromatic ring is 1. The Morgan fingerprint density at radius 3 is 2.94 bits per heavy atom. The first-order chi connectivity index (χ1) is 7.99. The van der Waals surface area contributed by atoms with Crippen LogP contribution < -0.4 is 11.1 Å². The summed E-state index contributed by atoms with van der Waals surface area (Å²) >= 11 is 0. The fourth-order valence-electron chi connectivity index (χ4n) is 2.01. The Morgan fingerprint density at radius 1 is 1.53 bits per heavy atom. The zero-order valence-corrected chi connectivity index (χ0v) is 10.6. The molecule has 1 unspecified atom stereocenters. The summed E-state index contributed by atoms with van der Waals surface area (Å²) in [6.45, 7) is 2.26. The van der Waals surface area contributed by atoms with Gasteiger partial charge in [-0.05, 0) is 31.9 Å². The zero-order valence-electron chi connectivity index (χ0n) is 9.81. The summed E-state index contributed by atoms with van der Waals surface area (Å²) in [5.41, 5.74) is 7.17. The summed E-state index contributed by atoms with van der Waals surface area (Å²) in [6.07, 6.45) is 1.48. The molecule has 94 valence electrons. The monoisotopic (exact) mass is 255 g/mol. The van der Waals surface area contributed by atoms with Gasteiger partial charge in [0.25, 0.3) is 0 Å². The second kappa shape index (κ2) is 4.52. The molecule has 0 saturated carbocycles. The number of nitrogens with zero attached hydrogens (tertiary/aromatic N) is 1. The van der Waals surface area contributed by atoms with Crippen molar-refractivity contribution in [2.75, 3.05) is 23.3 Å². The molecule has 1 aromatic heterocycles. The first-order valence-corrected chi connectivity index (χ1v) is 7.39. The third-order valence-corrected chi connectivity index (χ3v) is 5.30. The third-order valence-electron chi connectivity index (χ3n) is 3.03. The number of hydrogen-bond acceptors (Lipinski definition) is 5. The van der Waals surface area contributed by atoms with Gasteiger partial charge in [0.1, 0.15) is 5.82 Å². The highest BCUT2D eigenvalue weighted by molar-refractivity contribution is 7.92. The van der Waals surface area contributed by atoms with Crippen molar-refractivity contribution in [1.82, 2.24) is 4.98 Å². The Bertz CT molecular complexity index is 513. The number of nitrogens with one attached hydrogen (secondary N) is 1. The number of rotatable bonds is 3. The van der Waals surface area contributed by atoms with Gasteiger partial charge in [0.05, 0.1) is 16.7 Å². The van der Waals surface area contributed by atoms with Crippen molar-refractivity contribution < 1.29 is 8.42 Å². The molecule has 0 bridgehead atoms. The van der Waals surface area contributed by atoms with Gasteiger partial charge in [0, 0.05) is 12.2 Å². The van der Waals surface area contributed by atoms with Gasteiger partial charge >= 0.3 is 0 Å². The van der Waals surface area contributed by atoms with E-state index in [9.17, 15) is 8.42 Å². The highest BCUT2D eigenvalue weighted by Gasteiger charge is 2.30. The van der Waals surface area contributed by atoms with Crippen molar-refractivity contribution in [3.05, 3.63) is 17.8 Å². The van der Waals surface area contributed by atoms with Crippen LogP contribution in [0.1, 0.15) is 18.5 Å². The molecule has 0 amide bonds. The Balaban J connectivity index is 2.05. The summed E-state index contributed by atoms with van der Waals surface area (Å²) in [5.74, 6) is 0.878. The van der Waals surface area contributed by atoms with Gasteiger partial charge < -0.3 is 11.1 Å². The van der Waals surface area contributed by atoms with Gasteiger partial charge in [-0.15, -0.1) is 0 Å². The molecule has 1 saturated heterocycles. The van der Waals surface area contributed by atoms with Crippen LogP contribution in [0.5, 0.6) is 0 Å². The molecule has 6 heteroatoms. The van der Waals surface area contributed by atoms with Crippen LogP contribution in [0.25, 0.3) is 0 Å². The maximum atomic E-state index is 11.6. The van der Waals surface area contributed by atoms with Gasteiger partial charge in [-0.25, -0.2) is 13.4 Å². The van der Waals surface area contributed by atoms with E-state index in [1.165, 1.54) is 0 Å². The molecule has 1 fully saturated rings. The van der Waals surface area contributed by atoms with Crippen LogP contribution >= 0.6 is 0 Å². The lowest BCUT2D eigenvalue weighted by Gasteiger charge is -2.13. The smallest absolute Gasteiger partial charge is 0.154 e. The van der Waals surface area contributed by atoms with E-state index in [0.29, 0.717) is 23.8 Å². The van der Waals surface area contributed by atoms with Crippen LogP contribution in [0.2, 0.25) is 0 Å². The lowest BCUT2D eigenvalue weighted by molar-refractivity contribution is 0.591. The first-order valence-electron chi connectivity index (χ1n) is 5.67. The van der Waals surface area contributed by atoms with Gasteiger partial charge in [-0.3, -0.25) is 0 Å². The number of aryl methyl sites for hydroxylation is 1. The number of hydrogen-bond donors (Lipinski definition) is 2. The van der Waals surface area contributed by atoms with Crippen LogP contribution in [-0.2, 0) is 9.84 Å². The quantitative estimate of drug-likeness (QED) is 0.840. The molecule has 1 atom stereocenters. The largest absolute Gasteiger partial charge is 0.396 e. The summed E-state index contributed by atoms with van der Waals surface area (Å²) in [4.78, 5) is 4.25. The van der Waals surface area contributed by atoms with E-state index in [-0.39, 0.29) is 5.25 Å². The summed E-state index contributed by atoms with van der Waals surface area (Å²) < 4.78 is 23.3. The number of nitrogens with two attached hydrogens (primary N) is 1. The number of pyridine rings is 1. The van der Waals surface area contributed by atoms with Crippen LogP contribution in [0.3, 0.4) is 0 Å². The Kier molecular flexibility index (Phi) is 3.24. The molecular weight excluding hydrogens is 238 g/mol. The van der Waals surface area contributed by atoms with Crippen LogP contribution in [0.4, 0.5) is 11.5 Å². The number of aromatic nitrogens is 1. The SMILES string of the molecule is Cc1ccc(N)c(NCC2CCCS2(=O)=O)n1. The molecule has 2 heterocycles. The lowest BCUT2D eigenvalue weighted by atomic mass is 10.2. The van der Waals surface area contributed by atoms with Crippen LogP contribution in [0, 0.1) is 6.92 Å². The molecular formula is C11H17N3O2S. The fraction of sp³-hybridized carbons (Fsp3) is 0.545. The summed E-state index contributed by atoms with van der Waals surface area (Å²) in [7, 11) is -2.91. The first kappa shape index (κ1) is 12.2.